The van der Waals surface area contributed by atoms with E-state index >= 15 is 0 Å². The van der Waals surface area contributed by atoms with Crippen LogP contribution in [0.5, 0.6) is 0 Å². The maximum atomic E-state index is 14.2. The lowest BCUT2D eigenvalue weighted by atomic mass is 10.0. The van der Waals surface area contributed by atoms with Gasteiger partial charge in [-0.25, -0.2) is 10.4 Å². The number of hydrogen-bond donors (Lipinski definition) is 2. The van der Waals surface area contributed by atoms with E-state index in [-0.39, 0.29) is 5.91 Å². The predicted octanol–water partition coefficient (Wildman–Crippen LogP) is 4.24. The zero-order valence-corrected chi connectivity index (χ0v) is 22.3. The minimum Gasteiger partial charge on any atom is -0.480 e. The molecule has 36 heavy (non-hydrogen) atoms. The normalized spacial score (nSPS) is 17.6. The fourth-order valence-corrected chi connectivity index (χ4v) is 5.78. The van der Waals surface area contributed by atoms with Crippen LogP contribution in [0.4, 0.5) is 0 Å². The topological polar surface area (TPSA) is 95.0 Å². The van der Waals surface area contributed by atoms with Crippen LogP contribution in [0, 0.1) is 0 Å². The molecular weight excluding hydrogens is 544 g/mol. The second-order valence-electron chi connectivity index (χ2n) is 8.64. The van der Waals surface area contributed by atoms with Gasteiger partial charge in [-0.05, 0) is 39.9 Å². The number of methoxy groups -OCH3 is 1. The highest BCUT2D eigenvalue weighted by molar-refractivity contribution is 9.10. The second kappa shape index (κ2) is 12.6. The van der Waals surface area contributed by atoms with Crippen molar-refractivity contribution in [2.45, 2.75) is 44.1 Å². The molecule has 0 saturated carbocycles. The summed E-state index contributed by atoms with van der Waals surface area (Å²) >= 11 is 4.83. The van der Waals surface area contributed by atoms with Crippen LogP contribution in [0.1, 0.15) is 35.1 Å². The van der Waals surface area contributed by atoms with E-state index in [9.17, 15) is 14.7 Å². The van der Waals surface area contributed by atoms with Crippen molar-refractivity contribution in [2.75, 3.05) is 13.7 Å². The number of nitrogens with zero attached hydrogens (tertiary/aromatic N) is 3. The van der Waals surface area contributed by atoms with Crippen LogP contribution < -0.4 is 5.43 Å². The Kier molecular flexibility index (Phi) is 9.22. The Hall–Kier alpha value is -2.63. The number of ether oxygens (including phenoxy) is 1. The molecular formula is C26H29BrN4O4S. The Labute approximate surface area is 223 Å². The van der Waals surface area contributed by atoms with E-state index < -0.39 is 24.2 Å². The van der Waals surface area contributed by atoms with Crippen LogP contribution in [-0.2, 0) is 27.4 Å². The number of halogens is 1. The minimum absolute atomic E-state index is 0.244. The number of carboxylic acid groups (broad SMARTS) is 1. The molecule has 1 unspecified atom stereocenters. The van der Waals surface area contributed by atoms with E-state index in [4.69, 9.17) is 4.74 Å². The Balaban J connectivity index is 1.74. The lowest BCUT2D eigenvalue weighted by Crippen LogP contribution is -2.60. The molecule has 10 heteroatoms. The van der Waals surface area contributed by atoms with Crippen LogP contribution in [0.2, 0.25) is 0 Å². The number of carbonyl (C=O) groups is 2. The van der Waals surface area contributed by atoms with Crippen LogP contribution in [0.3, 0.4) is 0 Å². The lowest BCUT2D eigenvalue weighted by Gasteiger charge is -2.40. The first-order valence-electron chi connectivity index (χ1n) is 11.7. The van der Waals surface area contributed by atoms with Gasteiger partial charge in [-0.15, -0.1) is 11.3 Å². The third-order valence-corrected chi connectivity index (χ3v) is 7.75. The summed E-state index contributed by atoms with van der Waals surface area (Å²) in [7, 11) is 1.58. The van der Waals surface area contributed by atoms with Gasteiger partial charge in [0.2, 0.25) is 0 Å². The molecule has 0 aliphatic carbocycles. The molecule has 1 fully saturated rings. The van der Waals surface area contributed by atoms with E-state index in [0.717, 1.165) is 11.1 Å². The number of rotatable bonds is 10. The molecule has 0 bridgehead atoms. The molecule has 1 aliphatic heterocycles. The largest absolute Gasteiger partial charge is 0.480 e. The summed E-state index contributed by atoms with van der Waals surface area (Å²) in [6.45, 7) is 1.41. The Morgan fingerprint density at radius 3 is 2.28 bits per heavy atom. The standard InChI is InChI=1S/C26H29BrN4O4S/c1-35-23(24-28-21(27)17-36-24)22(25(32)31-14-8-13-20(29-31)26(33)34)30(15-18-9-4-2-5-10-18)16-19-11-6-3-7-12-19/h2-7,9-12,17,20,22-23,29H,8,13-16H2,1H3,(H,33,34)/t20?,22-,23-/m0/s1. The first kappa shape index (κ1) is 26.4. The van der Waals surface area contributed by atoms with Gasteiger partial charge in [0, 0.05) is 32.1 Å². The molecule has 1 aliphatic rings. The smallest absolute Gasteiger partial charge is 0.322 e. The van der Waals surface area contributed by atoms with Crippen molar-refractivity contribution in [3.8, 4) is 0 Å². The number of carboxylic acids is 1. The zero-order valence-electron chi connectivity index (χ0n) is 19.9. The van der Waals surface area contributed by atoms with Crippen molar-refractivity contribution >= 4 is 39.1 Å². The fraction of sp³-hybridized carbons (Fsp3) is 0.346. The van der Waals surface area contributed by atoms with Crippen molar-refractivity contribution in [2.24, 2.45) is 0 Å². The highest BCUT2D eigenvalue weighted by Gasteiger charge is 2.41. The van der Waals surface area contributed by atoms with Gasteiger partial charge in [-0.3, -0.25) is 19.5 Å². The van der Waals surface area contributed by atoms with E-state index in [1.807, 2.05) is 66.0 Å². The Morgan fingerprint density at radius 1 is 1.17 bits per heavy atom. The monoisotopic (exact) mass is 572 g/mol. The summed E-state index contributed by atoms with van der Waals surface area (Å²) in [5, 5.41) is 13.5. The molecule has 190 valence electrons. The number of carbonyl (C=O) groups excluding carboxylic acids is 1. The molecule has 3 atom stereocenters. The lowest BCUT2D eigenvalue weighted by molar-refractivity contribution is -0.153. The first-order chi connectivity index (χ1) is 17.5. The number of thiazole rings is 1. The van der Waals surface area contributed by atoms with E-state index in [0.29, 0.717) is 42.1 Å². The first-order valence-corrected chi connectivity index (χ1v) is 13.4. The molecule has 0 radical (unpaired) electrons. The van der Waals surface area contributed by atoms with Gasteiger partial charge >= 0.3 is 5.97 Å². The number of nitrogens with one attached hydrogen (secondary N) is 1. The SMILES string of the molecule is CO[C@H](c1nc(Br)cs1)[C@@H](C(=O)N1CCCC(C(=O)O)N1)N(Cc1ccccc1)Cc1ccccc1. The third-order valence-electron chi connectivity index (χ3n) is 6.13. The average Bonchev–Trinajstić information content (AvgIpc) is 3.33. The fourth-order valence-electron chi connectivity index (χ4n) is 4.41. The van der Waals surface area contributed by atoms with Crippen LogP contribution in [0.25, 0.3) is 0 Å². The van der Waals surface area contributed by atoms with Crippen LogP contribution in [-0.4, -0.2) is 57.6 Å². The summed E-state index contributed by atoms with van der Waals surface area (Å²) in [5.74, 6) is -1.22. The summed E-state index contributed by atoms with van der Waals surface area (Å²) < 4.78 is 6.62. The minimum atomic E-state index is -0.971. The maximum Gasteiger partial charge on any atom is 0.322 e. The van der Waals surface area contributed by atoms with E-state index in [1.54, 1.807) is 7.11 Å². The number of aromatic nitrogens is 1. The molecule has 2 N–H and O–H groups in total. The van der Waals surface area contributed by atoms with Crippen LogP contribution >= 0.6 is 27.3 Å². The Morgan fingerprint density at radius 2 is 1.78 bits per heavy atom. The molecule has 2 heterocycles. The molecule has 3 aromatic rings. The predicted molar refractivity (Wildman–Crippen MR) is 141 cm³/mol. The van der Waals surface area contributed by atoms with Gasteiger partial charge in [0.1, 0.15) is 27.8 Å². The molecule has 2 aromatic carbocycles. The summed E-state index contributed by atoms with van der Waals surface area (Å²) in [4.78, 5) is 32.5. The Bertz CT molecular complexity index is 1110. The van der Waals surface area contributed by atoms with Gasteiger partial charge in [0.25, 0.3) is 5.91 Å². The third kappa shape index (κ3) is 6.57. The molecule has 4 rings (SSSR count). The highest BCUT2D eigenvalue weighted by Crippen LogP contribution is 2.32. The van der Waals surface area contributed by atoms with Gasteiger partial charge in [0.05, 0.1) is 0 Å². The molecule has 1 amide bonds. The quantitative estimate of drug-likeness (QED) is 0.375. The van der Waals surface area contributed by atoms with Crippen molar-refractivity contribution < 1.29 is 19.4 Å². The molecule has 1 aromatic heterocycles. The van der Waals surface area contributed by atoms with E-state index in [2.05, 4.69) is 31.2 Å². The number of amides is 1. The van der Waals surface area contributed by atoms with Crippen molar-refractivity contribution in [3.63, 3.8) is 0 Å². The number of hydrazine groups is 1. The van der Waals surface area contributed by atoms with Crippen LogP contribution in [0.15, 0.2) is 70.6 Å². The van der Waals surface area contributed by atoms with E-state index in [1.165, 1.54) is 16.3 Å². The highest BCUT2D eigenvalue weighted by atomic mass is 79.9. The zero-order chi connectivity index (χ0) is 25.5. The molecule has 0 spiro atoms. The number of hydrogen-bond acceptors (Lipinski definition) is 7. The summed E-state index contributed by atoms with van der Waals surface area (Å²) in [5.41, 5.74) is 5.03. The maximum absolute atomic E-state index is 14.2. The van der Waals surface area contributed by atoms with Gasteiger partial charge < -0.3 is 9.84 Å². The van der Waals surface area contributed by atoms with Gasteiger partial charge in [-0.1, -0.05) is 60.7 Å². The van der Waals surface area contributed by atoms with Crippen molar-refractivity contribution in [3.05, 3.63) is 86.8 Å². The van der Waals surface area contributed by atoms with Crippen molar-refractivity contribution in [1.82, 2.24) is 20.3 Å². The number of benzene rings is 2. The molecule has 8 nitrogen and oxygen atoms in total. The second-order valence-corrected chi connectivity index (χ2v) is 10.3. The van der Waals surface area contributed by atoms with Gasteiger partial charge in [-0.2, -0.15) is 0 Å². The summed E-state index contributed by atoms with van der Waals surface area (Å²) in [6.07, 6.45) is 0.405. The van der Waals surface area contributed by atoms with Crippen molar-refractivity contribution in [1.29, 1.82) is 0 Å². The molecule has 1 saturated heterocycles. The summed E-state index contributed by atoms with van der Waals surface area (Å²) in [6, 6.07) is 18.4. The average molecular weight is 574 g/mol. The number of aliphatic carboxylic acids is 1. The van der Waals surface area contributed by atoms with Gasteiger partial charge in [0.15, 0.2) is 0 Å².